The number of rotatable bonds is 6. The predicted molar refractivity (Wildman–Crippen MR) is 92.8 cm³/mol. The highest BCUT2D eigenvalue weighted by Crippen LogP contribution is 2.19. The standard InChI is InChI=1S/C16H17N3O5S/c1-11-4-3-5-12(2)16(11)18-15(20)10-17-25(23,24)14-8-6-13(7-9-14)19(21)22/h3-9,17H,10H2,1-2H3,(H,18,20). The van der Waals surface area contributed by atoms with E-state index >= 15 is 0 Å². The van der Waals surface area contributed by atoms with E-state index in [9.17, 15) is 23.3 Å². The number of nitro benzene ring substituents is 1. The first kappa shape index (κ1) is 18.6. The summed E-state index contributed by atoms with van der Waals surface area (Å²) in [4.78, 5) is 21.8. The predicted octanol–water partition coefficient (Wildman–Crippen LogP) is 2.13. The first-order valence-corrected chi connectivity index (χ1v) is 8.79. The summed E-state index contributed by atoms with van der Waals surface area (Å²) in [5.41, 5.74) is 2.16. The molecule has 0 aliphatic heterocycles. The normalized spacial score (nSPS) is 11.1. The van der Waals surface area contributed by atoms with Crippen LogP contribution in [0.3, 0.4) is 0 Å². The molecule has 1 amide bonds. The van der Waals surface area contributed by atoms with Gasteiger partial charge in [-0.25, -0.2) is 13.1 Å². The molecule has 0 saturated heterocycles. The van der Waals surface area contributed by atoms with E-state index in [4.69, 9.17) is 0 Å². The number of benzene rings is 2. The van der Waals surface area contributed by atoms with Crippen molar-refractivity contribution in [1.82, 2.24) is 4.72 Å². The van der Waals surface area contributed by atoms with Crippen molar-refractivity contribution >= 4 is 27.3 Å². The van der Waals surface area contributed by atoms with E-state index in [1.165, 1.54) is 0 Å². The molecule has 0 fully saturated rings. The zero-order chi connectivity index (χ0) is 18.6. The molecule has 0 aliphatic rings. The summed E-state index contributed by atoms with van der Waals surface area (Å²) in [6.07, 6.45) is 0. The van der Waals surface area contributed by atoms with Crippen LogP contribution in [0.4, 0.5) is 11.4 Å². The van der Waals surface area contributed by atoms with Crippen molar-refractivity contribution < 1.29 is 18.1 Å². The number of nitro groups is 1. The van der Waals surface area contributed by atoms with Crippen LogP contribution >= 0.6 is 0 Å². The van der Waals surface area contributed by atoms with Gasteiger partial charge >= 0.3 is 0 Å². The third-order valence-electron chi connectivity index (χ3n) is 3.53. The average molecular weight is 363 g/mol. The monoisotopic (exact) mass is 363 g/mol. The van der Waals surface area contributed by atoms with Crippen molar-refractivity contribution in [3.05, 3.63) is 63.7 Å². The summed E-state index contributed by atoms with van der Waals surface area (Å²) in [5, 5.41) is 13.3. The number of nitrogens with one attached hydrogen (secondary N) is 2. The highest BCUT2D eigenvalue weighted by atomic mass is 32.2. The largest absolute Gasteiger partial charge is 0.324 e. The van der Waals surface area contributed by atoms with Crippen LogP contribution in [0.2, 0.25) is 0 Å². The second-order valence-corrected chi connectivity index (χ2v) is 7.16. The van der Waals surface area contributed by atoms with Gasteiger partial charge < -0.3 is 5.32 Å². The van der Waals surface area contributed by atoms with Crippen molar-refractivity contribution in [3.8, 4) is 0 Å². The Balaban J connectivity index is 2.04. The van der Waals surface area contributed by atoms with E-state index in [-0.39, 0.29) is 10.6 Å². The lowest BCUT2D eigenvalue weighted by atomic mass is 10.1. The van der Waals surface area contributed by atoms with Crippen LogP contribution in [0, 0.1) is 24.0 Å². The van der Waals surface area contributed by atoms with Gasteiger partial charge in [0.05, 0.1) is 16.4 Å². The van der Waals surface area contributed by atoms with Crippen molar-refractivity contribution in [2.75, 3.05) is 11.9 Å². The Labute approximate surface area is 145 Å². The number of aryl methyl sites for hydroxylation is 2. The first-order chi connectivity index (χ1) is 11.7. The molecular formula is C16H17N3O5S. The molecule has 2 aromatic carbocycles. The van der Waals surface area contributed by atoms with Crippen molar-refractivity contribution in [3.63, 3.8) is 0 Å². The maximum atomic E-state index is 12.1. The van der Waals surface area contributed by atoms with Crippen LogP contribution in [-0.2, 0) is 14.8 Å². The van der Waals surface area contributed by atoms with Crippen LogP contribution in [0.15, 0.2) is 47.4 Å². The smallest absolute Gasteiger partial charge is 0.269 e. The molecule has 0 atom stereocenters. The summed E-state index contributed by atoms with van der Waals surface area (Å²) < 4.78 is 26.5. The van der Waals surface area contributed by atoms with E-state index in [2.05, 4.69) is 10.0 Å². The molecule has 8 nitrogen and oxygen atoms in total. The quantitative estimate of drug-likeness (QED) is 0.602. The molecule has 9 heteroatoms. The van der Waals surface area contributed by atoms with Crippen LogP contribution in [0.25, 0.3) is 0 Å². The summed E-state index contributed by atoms with van der Waals surface area (Å²) in [5.74, 6) is -0.511. The van der Waals surface area contributed by atoms with E-state index in [0.717, 1.165) is 35.4 Å². The Hall–Kier alpha value is -2.78. The molecule has 0 aromatic heterocycles. The highest BCUT2D eigenvalue weighted by molar-refractivity contribution is 7.89. The molecule has 2 rings (SSSR count). The fourth-order valence-electron chi connectivity index (χ4n) is 2.19. The van der Waals surface area contributed by atoms with Crippen molar-refractivity contribution in [2.45, 2.75) is 18.7 Å². The van der Waals surface area contributed by atoms with E-state index in [1.807, 2.05) is 32.0 Å². The molecule has 25 heavy (non-hydrogen) atoms. The molecule has 132 valence electrons. The molecule has 2 aromatic rings. The van der Waals surface area contributed by atoms with Gasteiger partial charge in [0, 0.05) is 17.8 Å². The van der Waals surface area contributed by atoms with Crippen LogP contribution in [0.5, 0.6) is 0 Å². The summed E-state index contributed by atoms with van der Waals surface area (Å²) in [7, 11) is -3.94. The maximum Gasteiger partial charge on any atom is 0.269 e. The first-order valence-electron chi connectivity index (χ1n) is 7.31. The molecule has 0 heterocycles. The number of amides is 1. The molecule has 2 N–H and O–H groups in total. The lowest BCUT2D eigenvalue weighted by Crippen LogP contribution is -2.33. The van der Waals surface area contributed by atoms with Gasteiger partial charge in [-0.15, -0.1) is 0 Å². The van der Waals surface area contributed by atoms with Crippen LogP contribution in [-0.4, -0.2) is 25.8 Å². The number of carbonyl (C=O) groups excluding carboxylic acids is 1. The van der Waals surface area contributed by atoms with Gasteiger partial charge in [-0.05, 0) is 37.1 Å². The Bertz CT molecular complexity index is 888. The molecular weight excluding hydrogens is 346 g/mol. The van der Waals surface area contributed by atoms with Gasteiger partial charge in [0.15, 0.2) is 0 Å². The zero-order valence-electron chi connectivity index (χ0n) is 13.6. The molecule has 0 bridgehead atoms. The Kier molecular flexibility index (Phi) is 5.50. The number of hydrogen-bond donors (Lipinski definition) is 2. The second kappa shape index (κ2) is 7.41. The van der Waals surface area contributed by atoms with Crippen molar-refractivity contribution in [1.29, 1.82) is 0 Å². The van der Waals surface area contributed by atoms with Gasteiger partial charge in [-0.1, -0.05) is 18.2 Å². The fraction of sp³-hybridized carbons (Fsp3) is 0.188. The van der Waals surface area contributed by atoms with Gasteiger partial charge in [0.1, 0.15) is 0 Å². The number of non-ortho nitro benzene ring substituents is 1. The number of carbonyl (C=O) groups is 1. The zero-order valence-corrected chi connectivity index (χ0v) is 14.5. The molecule has 0 unspecified atom stereocenters. The minimum absolute atomic E-state index is 0.155. The fourth-order valence-corrected chi connectivity index (χ4v) is 3.17. The number of para-hydroxylation sites is 1. The number of nitrogens with zero attached hydrogens (tertiary/aromatic N) is 1. The van der Waals surface area contributed by atoms with Gasteiger partial charge in [0.25, 0.3) is 5.69 Å². The van der Waals surface area contributed by atoms with Gasteiger partial charge in [0.2, 0.25) is 15.9 Å². The van der Waals surface area contributed by atoms with Gasteiger partial charge in [-0.3, -0.25) is 14.9 Å². The number of hydrogen-bond acceptors (Lipinski definition) is 5. The van der Waals surface area contributed by atoms with E-state index in [1.54, 1.807) is 0 Å². The average Bonchev–Trinajstić information content (AvgIpc) is 2.56. The Morgan fingerprint density at radius 3 is 2.16 bits per heavy atom. The highest BCUT2D eigenvalue weighted by Gasteiger charge is 2.17. The molecule has 0 aliphatic carbocycles. The summed E-state index contributed by atoms with van der Waals surface area (Å²) >= 11 is 0. The van der Waals surface area contributed by atoms with E-state index < -0.39 is 27.4 Å². The third kappa shape index (κ3) is 4.61. The molecule has 0 saturated carbocycles. The van der Waals surface area contributed by atoms with E-state index in [0.29, 0.717) is 5.69 Å². The Morgan fingerprint density at radius 2 is 1.64 bits per heavy atom. The van der Waals surface area contributed by atoms with Crippen LogP contribution in [0.1, 0.15) is 11.1 Å². The third-order valence-corrected chi connectivity index (χ3v) is 4.94. The second-order valence-electron chi connectivity index (χ2n) is 5.39. The lowest BCUT2D eigenvalue weighted by molar-refractivity contribution is -0.384. The molecule has 0 radical (unpaired) electrons. The Morgan fingerprint density at radius 1 is 1.08 bits per heavy atom. The number of sulfonamides is 1. The van der Waals surface area contributed by atoms with Crippen molar-refractivity contribution in [2.24, 2.45) is 0 Å². The number of anilines is 1. The topological polar surface area (TPSA) is 118 Å². The summed E-state index contributed by atoms with van der Waals surface area (Å²) in [6, 6.07) is 9.94. The van der Waals surface area contributed by atoms with Crippen LogP contribution < -0.4 is 10.0 Å². The SMILES string of the molecule is Cc1cccc(C)c1NC(=O)CNS(=O)(=O)c1ccc([N+](=O)[O-])cc1. The minimum Gasteiger partial charge on any atom is -0.324 e. The minimum atomic E-state index is -3.94. The molecule has 0 spiro atoms. The van der Waals surface area contributed by atoms with Gasteiger partial charge in [-0.2, -0.15) is 0 Å². The summed E-state index contributed by atoms with van der Waals surface area (Å²) in [6.45, 7) is 3.22. The maximum absolute atomic E-state index is 12.1. The lowest BCUT2D eigenvalue weighted by Gasteiger charge is -2.12.